The van der Waals surface area contributed by atoms with E-state index in [2.05, 4.69) is 5.43 Å². The van der Waals surface area contributed by atoms with Crippen LogP contribution in [0.2, 0.25) is 0 Å². The van der Waals surface area contributed by atoms with E-state index in [1.54, 1.807) is 12.3 Å². The van der Waals surface area contributed by atoms with Gasteiger partial charge in [-0.3, -0.25) is 19.6 Å². The topological polar surface area (TPSA) is 77.1 Å². The minimum Gasteiger partial charge on any atom is -0.290 e. The van der Waals surface area contributed by atoms with Crippen molar-refractivity contribution in [2.75, 3.05) is 0 Å². The van der Waals surface area contributed by atoms with Crippen LogP contribution in [0.15, 0.2) is 30.5 Å². The molecule has 0 spiro atoms. The Kier molecular flexibility index (Phi) is 3.16. The first kappa shape index (κ1) is 13.3. The van der Waals surface area contributed by atoms with Gasteiger partial charge < -0.3 is 0 Å². The molecule has 1 aromatic heterocycles. The molecular weight excluding hydrogens is 242 g/mol. The molecule has 19 heavy (non-hydrogen) atoms. The van der Waals surface area contributed by atoms with E-state index in [1.807, 2.05) is 39.0 Å². The number of rotatable bonds is 1. The van der Waals surface area contributed by atoms with Gasteiger partial charge >= 0.3 is 0 Å². The van der Waals surface area contributed by atoms with Crippen LogP contribution in [0.3, 0.4) is 0 Å². The number of nitrogens with two attached hydrogens (primary N) is 1. The third-order valence-corrected chi connectivity index (χ3v) is 2.95. The Bertz CT molecular complexity index is 650. The number of benzene rings is 1. The quantitative estimate of drug-likeness (QED) is 0.466. The zero-order valence-electron chi connectivity index (χ0n) is 11.2. The molecular formula is C14H17N3O2. The SMILES string of the molecule is CC(C)(C)C(=O)n1cc(C(=O)NN)c2ccccc21. The number of hydrogen-bond acceptors (Lipinski definition) is 3. The highest BCUT2D eigenvalue weighted by molar-refractivity contribution is 6.09. The number of aromatic nitrogens is 1. The number of nitrogen functional groups attached to an aromatic ring is 1. The summed E-state index contributed by atoms with van der Waals surface area (Å²) in [5.41, 5.74) is 2.68. The van der Waals surface area contributed by atoms with Crippen molar-refractivity contribution in [2.45, 2.75) is 20.8 Å². The Balaban J connectivity index is 2.70. The summed E-state index contributed by atoms with van der Waals surface area (Å²) in [6, 6.07) is 7.26. The lowest BCUT2D eigenvalue weighted by atomic mass is 9.95. The number of hydrogen-bond donors (Lipinski definition) is 2. The molecule has 100 valence electrons. The molecule has 2 aromatic rings. The predicted molar refractivity (Wildman–Crippen MR) is 73.7 cm³/mol. The van der Waals surface area contributed by atoms with Gasteiger partial charge in [0.2, 0.25) is 5.91 Å². The van der Waals surface area contributed by atoms with Gasteiger partial charge in [0.05, 0.1) is 11.1 Å². The second kappa shape index (κ2) is 4.51. The lowest BCUT2D eigenvalue weighted by molar-refractivity contribution is 0.0772. The van der Waals surface area contributed by atoms with Gasteiger partial charge in [0.15, 0.2) is 0 Å². The van der Waals surface area contributed by atoms with Crippen LogP contribution < -0.4 is 11.3 Å². The fourth-order valence-corrected chi connectivity index (χ4v) is 1.97. The van der Waals surface area contributed by atoms with E-state index >= 15 is 0 Å². The first-order chi connectivity index (χ1) is 8.86. The summed E-state index contributed by atoms with van der Waals surface area (Å²) in [5.74, 6) is 4.70. The molecule has 0 aliphatic heterocycles. The van der Waals surface area contributed by atoms with Gasteiger partial charge in [-0.15, -0.1) is 0 Å². The molecule has 3 N–H and O–H groups in total. The minimum atomic E-state index is -0.530. The maximum absolute atomic E-state index is 12.4. The number of carbonyl (C=O) groups is 2. The minimum absolute atomic E-state index is 0.0697. The lowest BCUT2D eigenvalue weighted by Crippen LogP contribution is -2.30. The van der Waals surface area contributed by atoms with E-state index in [0.29, 0.717) is 16.5 Å². The Labute approximate surface area is 111 Å². The molecule has 0 bridgehead atoms. The zero-order valence-corrected chi connectivity index (χ0v) is 11.2. The largest absolute Gasteiger partial charge is 0.290 e. The fourth-order valence-electron chi connectivity index (χ4n) is 1.97. The number of carbonyl (C=O) groups excluding carboxylic acids is 2. The van der Waals surface area contributed by atoms with Crippen LogP contribution in [-0.2, 0) is 0 Å². The summed E-state index contributed by atoms with van der Waals surface area (Å²) in [6.07, 6.45) is 1.54. The number of nitrogens with one attached hydrogen (secondary N) is 1. The van der Waals surface area contributed by atoms with E-state index in [-0.39, 0.29) is 5.91 Å². The highest BCUT2D eigenvalue weighted by atomic mass is 16.2. The number of fused-ring (bicyclic) bond motifs is 1. The molecule has 0 unspecified atom stereocenters. The van der Waals surface area contributed by atoms with E-state index in [4.69, 9.17) is 5.84 Å². The first-order valence-corrected chi connectivity index (χ1v) is 6.02. The Morgan fingerprint density at radius 1 is 1.21 bits per heavy atom. The molecule has 1 aromatic carbocycles. The summed E-state index contributed by atoms with van der Waals surface area (Å²) < 4.78 is 1.51. The number of para-hydroxylation sites is 1. The third-order valence-electron chi connectivity index (χ3n) is 2.95. The predicted octanol–water partition coefficient (Wildman–Crippen LogP) is 1.93. The maximum atomic E-state index is 12.4. The molecule has 0 saturated heterocycles. The molecule has 0 aliphatic rings. The molecule has 0 radical (unpaired) electrons. The maximum Gasteiger partial charge on any atom is 0.267 e. The molecule has 0 fully saturated rings. The van der Waals surface area contributed by atoms with Crippen LogP contribution in [0.4, 0.5) is 0 Å². The Hall–Kier alpha value is -2.14. The number of nitrogens with zero attached hydrogens (tertiary/aromatic N) is 1. The standard InChI is InChI=1S/C14H17N3O2/c1-14(2,3)13(19)17-8-10(12(18)16-15)9-6-4-5-7-11(9)17/h4-8H,15H2,1-3H3,(H,16,18). The van der Waals surface area contributed by atoms with Crippen molar-refractivity contribution in [3.63, 3.8) is 0 Å². The molecule has 5 nitrogen and oxygen atoms in total. The molecule has 1 amide bonds. The van der Waals surface area contributed by atoms with E-state index in [9.17, 15) is 9.59 Å². The van der Waals surface area contributed by atoms with Gasteiger partial charge in [-0.1, -0.05) is 39.0 Å². The summed E-state index contributed by atoms with van der Waals surface area (Å²) >= 11 is 0. The van der Waals surface area contributed by atoms with E-state index in [1.165, 1.54) is 4.57 Å². The average Bonchev–Trinajstić information content (AvgIpc) is 2.75. The second-order valence-electron chi connectivity index (χ2n) is 5.46. The lowest BCUT2D eigenvalue weighted by Gasteiger charge is -2.17. The smallest absolute Gasteiger partial charge is 0.267 e. The molecule has 0 saturated carbocycles. The molecule has 5 heteroatoms. The van der Waals surface area contributed by atoms with Crippen molar-refractivity contribution in [2.24, 2.45) is 11.3 Å². The van der Waals surface area contributed by atoms with Crippen LogP contribution in [0, 0.1) is 5.41 Å². The van der Waals surface area contributed by atoms with Crippen LogP contribution in [0.5, 0.6) is 0 Å². The Morgan fingerprint density at radius 2 is 1.84 bits per heavy atom. The van der Waals surface area contributed by atoms with Crippen molar-refractivity contribution >= 4 is 22.7 Å². The van der Waals surface area contributed by atoms with Crippen LogP contribution in [0.1, 0.15) is 35.9 Å². The number of amides is 1. The molecule has 0 atom stereocenters. The van der Waals surface area contributed by atoms with Crippen LogP contribution in [0.25, 0.3) is 10.9 Å². The second-order valence-corrected chi connectivity index (χ2v) is 5.46. The summed E-state index contributed by atoms with van der Waals surface area (Å²) in [4.78, 5) is 24.2. The molecule has 0 aliphatic carbocycles. The highest BCUT2D eigenvalue weighted by Crippen LogP contribution is 2.25. The zero-order chi connectivity index (χ0) is 14.2. The summed E-state index contributed by atoms with van der Waals surface area (Å²) in [7, 11) is 0. The molecule has 2 rings (SSSR count). The normalized spacial score (nSPS) is 11.6. The van der Waals surface area contributed by atoms with Crippen molar-refractivity contribution < 1.29 is 9.59 Å². The average molecular weight is 259 g/mol. The summed E-state index contributed by atoms with van der Waals surface area (Å²) in [6.45, 7) is 5.52. The monoisotopic (exact) mass is 259 g/mol. The van der Waals surface area contributed by atoms with Crippen molar-refractivity contribution in [1.82, 2.24) is 9.99 Å². The number of hydrazine groups is 1. The summed E-state index contributed by atoms with van der Waals surface area (Å²) in [5, 5.41) is 0.711. The first-order valence-electron chi connectivity index (χ1n) is 6.02. The van der Waals surface area contributed by atoms with Crippen molar-refractivity contribution in [1.29, 1.82) is 0 Å². The Morgan fingerprint density at radius 3 is 2.42 bits per heavy atom. The third kappa shape index (κ3) is 2.24. The van der Waals surface area contributed by atoms with Gasteiger partial charge in [0, 0.05) is 17.0 Å². The van der Waals surface area contributed by atoms with Gasteiger partial charge in [-0.25, -0.2) is 5.84 Å². The van der Waals surface area contributed by atoms with Gasteiger partial charge in [0.25, 0.3) is 5.91 Å². The van der Waals surface area contributed by atoms with Crippen molar-refractivity contribution in [3.8, 4) is 0 Å². The van der Waals surface area contributed by atoms with E-state index in [0.717, 1.165) is 0 Å². The van der Waals surface area contributed by atoms with Crippen molar-refractivity contribution in [3.05, 3.63) is 36.0 Å². The van der Waals surface area contributed by atoms with Crippen LogP contribution >= 0.6 is 0 Å². The highest BCUT2D eigenvalue weighted by Gasteiger charge is 2.26. The van der Waals surface area contributed by atoms with E-state index < -0.39 is 11.3 Å². The molecule has 1 heterocycles. The van der Waals surface area contributed by atoms with Gasteiger partial charge in [-0.05, 0) is 6.07 Å². The van der Waals surface area contributed by atoms with Gasteiger partial charge in [-0.2, -0.15) is 0 Å². The van der Waals surface area contributed by atoms with Gasteiger partial charge in [0.1, 0.15) is 0 Å². The fraction of sp³-hybridized carbons (Fsp3) is 0.286. The van der Waals surface area contributed by atoms with Crippen LogP contribution in [-0.4, -0.2) is 16.4 Å².